The number of para-hydroxylation sites is 1. The SMILES string of the molecule is NC(CO)c1cncn1Cc1ccccc1[N+](=O)[O-]. The summed E-state index contributed by atoms with van der Waals surface area (Å²) in [5.74, 6) is 0. The Morgan fingerprint density at radius 2 is 2.21 bits per heavy atom. The molecule has 1 aromatic heterocycles. The monoisotopic (exact) mass is 262 g/mol. The standard InChI is InChI=1S/C12H14N4O3/c13-10(7-17)12-5-14-8-15(12)6-9-3-1-2-4-11(9)16(18)19/h1-5,8,10,17H,6-7,13H2. The van der Waals surface area contributed by atoms with Crippen molar-refractivity contribution in [2.24, 2.45) is 5.73 Å². The second kappa shape index (κ2) is 5.59. The minimum absolute atomic E-state index is 0.0553. The Bertz CT molecular complexity index is 582. The normalized spacial score (nSPS) is 12.3. The number of nitrogens with two attached hydrogens (primary N) is 1. The Morgan fingerprint density at radius 3 is 2.89 bits per heavy atom. The molecule has 19 heavy (non-hydrogen) atoms. The summed E-state index contributed by atoms with van der Waals surface area (Å²) in [6.45, 7) is 0.0861. The second-order valence-corrected chi connectivity index (χ2v) is 4.12. The van der Waals surface area contributed by atoms with E-state index in [4.69, 9.17) is 10.8 Å². The minimum Gasteiger partial charge on any atom is -0.394 e. The van der Waals surface area contributed by atoms with E-state index in [0.717, 1.165) is 0 Å². The number of imidazole rings is 1. The van der Waals surface area contributed by atoms with E-state index in [9.17, 15) is 10.1 Å². The average Bonchev–Trinajstić information content (AvgIpc) is 2.86. The van der Waals surface area contributed by atoms with Crippen molar-refractivity contribution in [3.63, 3.8) is 0 Å². The Kier molecular flexibility index (Phi) is 3.88. The van der Waals surface area contributed by atoms with Gasteiger partial charge in [0.1, 0.15) is 0 Å². The number of benzene rings is 1. The van der Waals surface area contributed by atoms with E-state index in [0.29, 0.717) is 17.8 Å². The van der Waals surface area contributed by atoms with E-state index in [-0.39, 0.29) is 12.3 Å². The number of aromatic nitrogens is 2. The van der Waals surface area contributed by atoms with Gasteiger partial charge in [-0.25, -0.2) is 4.98 Å². The molecular weight excluding hydrogens is 248 g/mol. The number of hydrogen-bond donors (Lipinski definition) is 2. The second-order valence-electron chi connectivity index (χ2n) is 4.12. The molecule has 0 aliphatic rings. The molecule has 7 heteroatoms. The highest BCUT2D eigenvalue weighted by atomic mass is 16.6. The molecule has 2 rings (SSSR count). The molecule has 1 aromatic carbocycles. The van der Waals surface area contributed by atoms with E-state index >= 15 is 0 Å². The molecule has 0 saturated carbocycles. The first kappa shape index (κ1) is 13.2. The Hall–Kier alpha value is -2.25. The molecule has 0 fully saturated rings. The number of aliphatic hydroxyl groups excluding tert-OH is 1. The molecular formula is C12H14N4O3. The molecule has 0 aliphatic heterocycles. The molecule has 0 bridgehead atoms. The Balaban J connectivity index is 2.32. The maximum Gasteiger partial charge on any atom is 0.274 e. The third-order valence-electron chi connectivity index (χ3n) is 2.85. The zero-order chi connectivity index (χ0) is 13.8. The first-order valence-corrected chi connectivity index (χ1v) is 5.72. The van der Waals surface area contributed by atoms with Crippen molar-refractivity contribution in [1.82, 2.24) is 9.55 Å². The van der Waals surface area contributed by atoms with Crippen LogP contribution in [0.5, 0.6) is 0 Å². The Labute approximate surface area is 109 Å². The van der Waals surface area contributed by atoms with Crippen LogP contribution in [0.4, 0.5) is 5.69 Å². The summed E-state index contributed by atoms with van der Waals surface area (Å²) in [5, 5.41) is 20.0. The van der Waals surface area contributed by atoms with Crippen LogP contribution in [0.2, 0.25) is 0 Å². The first-order valence-electron chi connectivity index (χ1n) is 5.72. The zero-order valence-corrected chi connectivity index (χ0v) is 10.1. The van der Waals surface area contributed by atoms with E-state index < -0.39 is 11.0 Å². The topological polar surface area (TPSA) is 107 Å². The molecule has 2 aromatic rings. The third kappa shape index (κ3) is 2.78. The molecule has 1 unspecified atom stereocenters. The lowest BCUT2D eigenvalue weighted by molar-refractivity contribution is -0.385. The number of rotatable bonds is 5. The van der Waals surface area contributed by atoms with Gasteiger partial charge < -0.3 is 15.4 Å². The summed E-state index contributed by atoms with van der Waals surface area (Å²) >= 11 is 0. The highest BCUT2D eigenvalue weighted by Crippen LogP contribution is 2.20. The molecule has 1 atom stereocenters. The summed E-state index contributed by atoms with van der Waals surface area (Å²) in [6.07, 6.45) is 3.09. The van der Waals surface area contributed by atoms with Crippen LogP contribution in [0.15, 0.2) is 36.8 Å². The highest BCUT2D eigenvalue weighted by Gasteiger charge is 2.16. The lowest BCUT2D eigenvalue weighted by Gasteiger charge is -2.12. The van der Waals surface area contributed by atoms with Gasteiger partial charge in [0, 0.05) is 17.8 Å². The number of nitro groups is 1. The van der Waals surface area contributed by atoms with Gasteiger partial charge in [-0.05, 0) is 0 Å². The number of aliphatic hydroxyl groups is 1. The van der Waals surface area contributed by atoms with Gasteiger partial charge in [-0.2, -0.15) is 0 Å². The molecule has 0 aliphatic carbocycles. The number of hydrogen-bond acceptors (Lipinski definition) is 5. The molecule has 0 spiro atoms. The van der Waals surface area contributed by atoms with Crippen molar-refractivity contribution < 1.29 is 10.0 Å². The van der Waals surface area contributed by atoms with Crippen LogP contribution in [-0.4, -0.2) is 26.2 Å². The van der Waals surface area contributed by atoms with Crippen LogP contribution >= 0.6 is 0 Å². The van der Waals surface area contributed by atoms with Crippen LogP contribution < -0.4 is 5.73 Å². The van der Waals surface area contributed by atoms with Crippen molar-refractivity contribution in [3.8, 4) is 0 Å². The fourth-order valence-corrected chi connectivity index (χ4v) is 1.87. The van der Waals surface area contributed by atoms with Gasteiger partial charge >= 0.3 is 0 Å². The van der Waals surface area contributed by atoms with Gasteiger partial charge in [-0.1, -0.05) is 18.2 Å². The molecule has 7 nitrogen and oxygen atoms in total. The van der Waals surface area contributed by atoms with Gasteiger partial charge in [0.25, 0.3) is 5.69 Å². The summed E-state index contributed by atoms with van der Waals surface area (Å²) < 4.78 is 1.70. The van der Waals surface area contributed by atoms with E-state index in [1.165, 1.54) is 6.07 Å². The number of nitro benzene ring substituents is 1. The van der Waals surface area contributed by atoms with Crippen molar-refractivity contribution >= 4 is 5.69 Å². The lowest BCUT2D eigenvalue weighted by Crippen LogP contribution is -2.19. The van der Waals surface area contributed by atoms with Crippen LogP contribution in [0.3, 0.4) is 0 Å². The smallest absolute Gasteiger partial charge is 0.274 e. The van der Waals surface area contributed by atoms with Crippen LogP contribution in [0, 0.1) is 10.1 Å². The molecule has 0 amide bonds. The molecule has 100 valence electrons. The van der Waals surface area contributed by atoms with Gasteiger partial charge in [-0.15, -0.1) is 0 Å². The summed E-state index contributed by atoms with van der Waals surface area (Å²) in [5.41, 5.74) is 7.01. The fraction of sp³-hybridized carbons (Fsp3) is 0.250. The van der Waals surface area contributed by atoms with Crippen molar-refractivity contribution in [2.75, 3.05) is 6.61 Å². The quantitative estimate of drug-likeness (QED) is 0.613. The van der Waals surface area contributed by atoms with E-state index in [2.05, 4.69) is 4.98 Å². The largest absolute Gasteiger partial charge is 0.394 e. The Morgan fingerprint density at radius 1 is 1.47 bits per heavy atom. The van der Waals surface area contributed by atoms with Crippen LogP contribution in [0.1, 0.15) is 17.3 Å². The third-order valence-corrected chi connectivity index (χ3v) is 2.85. The first-order chi connectivity index (χ1) is 9.13. The maximum absolute atomic E-state index is 10.9. The molecule has 0 radical (unpaired) electrons. The minimum atomic E-state index is -0.551. The summed E-state index contributed by atoms with van der Waals surface area (Å²) in [7, 11) is 0. The maximum atomic E-state index is 10.9. The van der Waals surface area contributed by atoms with Crippen molar-refractivity contribution in [2.45, 2.75) is 12.6 Å². The summed E-state index contributed by atoms with van der Waals surface area (Å²) in [4.78, 5) is 14.5. The van der Waals surface area contributed by atoms with E-state index in [1.54, 1.807) is 35.3 Å². The molecule has 1 heterocycles. The van der Waals surface area contributed by atoms with E-state index in [1.807, 2.05) is 0 Å². The predicted molar refractivity (Wildman–Crippen MR) is 68.4 cm³/mol. The van der Waals surface area contributed by atoms with Crippen LogP contribution in [-0.2, 0) is 6.54 Å². The van der Waals surface area contributed by atoms with Crippen molar-refractivity contribution in [3.05, 3.63) is 58.2 Å². The number of nitrogens with zero attached hydrogens (tertiary/aromatic N) is 3. The molecule has 0 saturated heterocycles. The van der Waals surface area contributed by atoms with Gasteiger partial charge in [-0.3, -0.25) is 10.1 Å². The van der Waals surface area contributed by atoms with Gasteiger partial charge in [0.2, 0.25) is 0 Å². The zero-order valence-electron chi connectivity index (χ0n) is 10.1. The van der Waals surface area contributed by atoms with Crippen LogP contribution in [0.25, 0.3) is 0 Å². The average molecular weight is 262 g/mol. The predicted octanol–water partition coefficient (Wildman–Crippen LogP) is 0.832. The lowest BCUT2D eigenvalue weighted by atomic mass is 10.1. The molecule has 3 N–H and O–H groups in total. The summed E-state index contributed by atoms with van der Waals surface area (Å²) in [6, 6.07) is 5.95. The fourth-order valence-electron chi connectivity index (χ4n) is 1.87. The van der Waals surface area contributed by atoms with Crippen molar-refractivity contribution in [1.29, 1.82) is 0 Å². The highest BCUT2D eigenvalue weighted by molar-refractivity contribution is 5.40. The van der Waals surface area contributed by atoms with Gasteiger partial charge in [0.05, 0.1) is 36.1 Å². The van der Waals surface area contributed by atoms with Gasteiger partial charge in [0.15, 0.2) is 0 Å².